The van der Waals surface area contributed by atoms with Gasteiger partial charge >= 0.3 is 0 Å². The van der Waals surface area contributed by atoms with Crippen molar-refractivity contribution in [1.29, 1.82) is 0 Å². The molecule has 0 bridgehead atoms. The zero-order valence-electron chi connectivity index (χ0n) is 11.4. The van der Waals surface area contributed by atoms with Gasteiger partial charge in [-0.3, -0.25) is 4.98 Å². The zero-order valence-corrected chi connectivity index (χ0v) is 13.0. The van der Waals surface area contributed by atoms with E-state index in [2.05, 4.69) is 26.0 Å². The molecule has 0 amide bonds. The predicted molar refractivity (Wildman–Crippen MR) is 82.3 cm³/mol. The van der Waals surface area contributed by atoms with Gasteiger partial charge in [0.2, 0.25) is 0 Å². The Morgan fingerprint density at radius 1 is 1.38 bits per heavy atom. The minimum Gasteiger partial charge on any atom is -0.496 e. The molecule has 0 aliphatic heterocycles. The normalized spacial score (nSPS) is 12.5. The second-order valence-corrected chi connectivity index (χ2v) is 5.60. The van der Waals surface area contributed by atoms with Crippen molar-refractivity contribution in [3.05, 3.63) is 58.6 Å². The van der Waals surface area contributed by atoms with E-state index in [1.54, 1.807) is 36.4 Å². The Morgan fingerprint density at radius 3 is 3.05 bits per heavy atom. The lowest BCUT2D eigenvalue weighted by molar-refractivity contribution is 0.178. The first kappa shape index (κ1) is 14.0. The van der Waals surface area contributed by atoms with Crippen molar-refractivity contribution in [3.63, 3.8) is 0 Å². The van der Waals surface area contributed by atoms with Gasteiger partial charge in [0.25, 0.3) is 0 Å². The third-order valence-electron chi connectivity index (χ3n) is 3.37. The maximum absolute atomic E-state index is 10.5. The number of fused-ring (bicyclic) bond motifs is 1. The first-order valence-electron chi connectivity index (χ1n) is 6.47. The van der Waals surface area contributed by atoms with Crippen LogP contribution in [-0.4, -0.2) is 26.8 Å². The van der Waals surface area contributed by atoms with E-state index in [1.807, 2.05) is 18.2 Å². The smallest absolute Gasteiger partial charge is 0.122 e. The van der Waals surface area contributed by atoms with Crippen LogP contribution in [0.25, 0.3) is 5.52 Å². The van der Waals surface area contributed by atoms with E-state index in [9.17, 15) is 5.11 Å². The van der Waals surface area contributed by atoms with Crippen molar-refractivity contribution in [2.75, 3.05) is 7.11 Å². The summed E-state index contributed by atoms with van der Waals surface area (Å²) in [6.07, 6.45) is 6.56. The SMILES string of the molecule is COc1ccc(Br)cc1CC(O)c1cnn2ccncc12. The number of aromatic nitrogens is 3. The van der Waals surface area contributed by atoms with Crippen LogP contribution in [0.3, 0.4) is 0 Å². The molecule has 1 unspecified atom stereocenters. The fourth-order valence-corrected chi connectivity index (χ4v) is 2.74. The standard InChI is InChI=1S/C15H14BrN3O2/c1-21-15-3-2-11(16)6-10(15)7-14(20)12-8-18-19-5-4-17-9-13(12)19/h2-6,8-9,14,20H,7H2,1H3. The van der Waals surface area contributed by atoms with Crippen LogP contribution in [0.2, 0.25) is 0 Å². The van der Waals surface area contributed by atoms with E-state index >= 15 is 0 Å². The lowest BCUT2D eigenvalue weighted by Gasteiger charge is -2.13. The maximum Gasteiger partial charge on any atom is 0.122 e. The van der Waals surface area contributed by atoms with Crippen molar-refractivity contribution in [2.24, 2.45) is 0 Å². The third-order valence-corrected chi connectivity index (χ3v) is 3.86. The molecule has 1 atom stereocenters. The fraction of sp³-hybridized carbons (Fsp3) is 0.200. The summed E-state index contributed by atoms with van der Waals surface area (Å²) < 4.78 is 7.99. The molecular formula is C15H14BrN3O2. The average Bonchev–Trinajstić information content (AvgIpc) is 2.91. The summed E-state index contributed by atoms with van der Waals surface area (Å²) in [5.41, 5.74) is 2.49. The van der Waals surface area contributed by atoms with Gasteiger partial charge in [0.15, 0.2) is 0 Å². The van der Waals surface area contributed by atoms with E-state index in [0.29, 0.717) is 6.42 Å². The minimum absolute atomic E-state index is 0.443. The summed E-state index contributed by atoms with van der Waals surface area (Å²) in [5, 5.41) is 14.7. The third kappa shape index (κ3) is 2.77. The molecule has 3 aromatic rings. The van der Waals surface area contributed by atoms with Crippen LogP contribution >= 0.6 is 15.9 Å². The Labute approximate surface area is 130 Å². The van der Waals surface area contributed by atoms with Gasteiger partial charge in [0, 0.05) is 28.9 Å². The molecule has 21 heavy (non-hydrogen) atoms. The molecule has 0 radical (unpaired) electrons. The van der Waals surface area contributed by atoms with E-state index in [0.717, 1.165) is 26.9 Å². The van der Waals surface area contributed by atoms with Crippen LogP contribution in [0.4, 0.5) is 0 Å². The Kier molecular flexibility index (Phi) is 3.90. The number of aliphatic hydroxyl groups is 1. The van der Waals surface area contributed by atoms with Crippen LogP contribution in [0.15, 0.2) is 47.5 Å². The molecule has 1 N–H and O–H groups in total. The summed E-state index contributed by atoms with van der Waals surface area (Å²) in [4.78, 5) is 4.08. The highest BCUT2D eigenvalue weighted by atomic mass is 79.9. The van der Waals surface area contributed by atoms with Crippen LogP contribution in [0, 0.1) is 0 Å². The van der Waals surface area contributed by atoms with Crippen molar-refractivity contribution in [2.45, 2.75) is 12.5 Å². The number of ether oxygens (including phenoxy) is 1. The van der Waals surface area contributed by atoms with Crippen molar-refractivity contribution in [1.82, 2.24) is 14.6 Å². The van der Waals surface area contributed by atoms with Crippen molar-refractivity contribution in [3.8, 4) is 5.75 Å². The molecule has 0 aliphatic carbocycles. The number of rotatable bonds is 4. The lowest BCUT2D eigenvalue weighted by atomic mass is 10.0. The van der Waals surface area contributed by atoms with Gasteiger partial charge in [-0.1, -0.05) is 15.9 Å². The van der Waals surface area contributed by atoms with E-state index in [-0.39, 0.29) is 0 Å². The summed E-state index contributed by atoms with van der Waals surface area (Å²) in [6.45, 7) is 0. The molecule has 0 aliphatic rings. The average molecular weight is 348 g/mol. The number of hydrogen-bond acceptors (Lipinski definition) is 4. The summed E-state index contributed by atoms with van der Waals surface area (Å²) in [6, 6.07) is 5.74. The van der Waals surface area contributed by atoms with Gasteiger partial charge in [-0.15, -0.1) is 0 Å². The maximum atomic E-state index is 10.5. The predicted octanol–water partition coefficient (Wildman–Crippen LogP) is 2.78. The van der Waals surface area contributed by atoms with E-state index in [4.69, 9.17) is 4.74 Å². The second kappa shape index (κ2) is 5.83. The van der Waals surface area contributed by atoms with Crippen LogP contribution < -0.4 is 4.74 Å². The molecule has 0 fully saturated rings. The lowest BCUT2D eigenvalue weighted by Crippen LogP contribution is -2.03. The van der Waals surface area contributed by atoms with Crippen LogP contribution in [-0.2, 0) is 6.42 Å². The monoisotopic (exact) mass is 347 g/mol. The molecule has 1 aromatic carbocycles. The van der Waals surface area contributed by atoms with Crippen LogP contribution in [0.5, 0.6) is 5.75 Å². The van der Waals surface area contributed by atoms with Gasteiger partial charge in [-0.25, -0.2) is 4.52 Å². The Morgan fingerprint density at radius 2 is 2.24 bits per heavy atom. The molecular weight excluding hydrogens is 334 g/mol. The molecule has 2 aromatic heterocycles. The summed E-state index contributed by atoms with van der Waals surface area (Å²) in [7, 11) is 1.62. The van der Waals surface area contributed by atoms with Gasteiger partial charge in [-0.05, 0) is 23.8 Å². The number of aliphatic hydroxyl groups excluding tert-OH is 1. The molecule has 6 heteroatoms. The van der Waals surface area contributed by atoms with E-state index in [1.165, 1.54) is 0 Å². The quantitative estimate of drug-likeness (QED) is 0.788. The molecule has 0 spiro atoms. The number of hydrogen-bond donors (Lipinski definition) is 1. The summed E-state index contributed by atoms with van der Waals surface area (Å²) >= 11 is 3.44. The zero-order chi connectivity index (χ0) is 14.8. The molecule has 3 rings (SSSR count). The highest BCUT2D eigenvalue weighted by Gasteiger charge is 2.16. The number of methoxy groups -OCH3 is 1. The Hall–Kier alpha value is -1.92. The Bertz CT molecular complexity index is 772. The number of halogens is 1. The highest BCUT2D eigenvalue weighted by molar-refractivity contribution is 9.10. The van der Waals surface area contributed by atoms with Gasteiger partial charge < -0.3 is 9.84 Å². The number of nitrogens with zero attached hydrogens (tertiary/aromatic N) is 3. The van der Waals surface area contributed by atoms with Crippen LogP contribution in [0.1, 0.15) is 17.2 Å². The van der Waals surface area contributed by atoms with Crippen molar-refractivity contribution >= 4 is 21.4 Å². The molecule has 0 saturated heterocycles. The number of benzene rings is 1. The van der Waals surface area contributed by atoms with Gasteiger partial charge in [0.1, 0.15) is 5.75 Å². The molecule has 0 saturated carbocycles. The molecule has 5 nitrogen and oxygen atoms in total. The van der Waals surface area contributed by atoms with Crippen molar-refractivity contribution < 1.29 is 9.84 Å². The van der Waals surface area contributed by atoms with Gasteiger partial charge in [0.05, 0.1) is 31.1 Å². The first-order chi connectivity index (χ1) is 10.2. The second-order valence-electron chi connectivity index (χ2n) is 4.68. The van der Waals surface area contributed by atoms with E-state index < -0.39 is 6.10 Å². The fourth-order valence-electron chi connectivity index (χ4n) is 2.33. The largest absolute Gasteiger partial charge is 0.496 e. The molecule has 2 heterocycles. The Balaban J connectivity index is 1.93. The highest BCUT2D eigenvalue weighted by Crippen LogP contribution is 2.29. The van der Waals surface area contributed by atoms with Gasteiger partial charge in [-0.2, -0.15) is 5.10 Å². The topological polar surface area (TPSA) is 59.7 Å². The minimum atomic E-state index is -0.671. The first-order valence-corrected chi connectivity index (χ1v) is 7.26. The summed E-state index contributed by atoms with van der Waals surface area (Å²) in [5.74, 6) is 0.756. The molecule has 108 valence electrons.